The van der Waals surface area contributed by atoms with Gasteiger partial charge in [-0.25, -0.2) is 9.78 Å². The molecular formula is C32H38N8O4. The van der Waals surface area contributed by atoms with Gasteiger partial charge in [0.05, 0.1) is 29.2 Å². The van der Waals surface area contributed by atoms with Crippen molar-refractivity contribution in [1.82, 2.24) is 19.3 Å². The van der Waals surface area contributed by atoms with Gasteiger partial charge in [-0.05, 0) is 58.4 Å². The first-order chi connectivity index (χ1) is 20.9. The number of ether oxygens (including phenoxy) is 2. The topological polar surface area (TPSA) is 140 Å². The predicted octanol–water partition coefficient (Wildman–Crippen LogP) is 5.16. The van der Waals surface area contributed by atoms with Crippen LogP contribution in [0.3, 0.4) is 0 Å². The van der Waals surface area contributed by atoms with Gasteiger partial charge in [-0.3, -0.25) is 14.2 Å². The largest absolute Gasteiger partial charge is 0.444 e. The van der Waals surface area contributed by atoms with Crippen LogP contribution in [0.4, 0.5) is 22.0 Å². The average Bonchev–Trinajstić information content (AvgIpc) is 3.60. The summed E-state index contributed by atoms with van der Waals surface area (Å²) in [4.78, 5) is 43.3. The van der Waals surface area contributed by atoms with Crippen molar-refractivity contribution in [2.75, 3.05) is 43.1 Å². The molecule has 1 saturated heterocycles. The first kappa shape index (κ1) is 30.3. The first-order valence-electron chi connectivity index (χ1n) is 14.4. The van der Waals surface area contributed by atoms with E-state index in [1.54, 1.807) is 41.9 Å². The Kier molecular flexibility index (Phi) is 8.43. The lowest BCUT2D eigenvalue weighted by Gasteiger charge is -2.29. The zero-order valence-corrected chi connectivity index (χ0v) is 25.9. The van der Waals surface area contributed by atoms with Gasteiger partial charge in [0.15, 0.2) is 5.82 Å². The number of anilines is 3. The van der Waals surface area contributed by atoms with E-state index in [9.17, 15) is 9.59 Å². The highest BCUT2D eigenvalue weighted by atomic mass is 16.6. The molecule has 0 bridgehead atoms. The highest BCUT2D eigenvalue weighted by Crippen LogP contribution is 2.32. The number of hydrogen-bond acceptors (Lipinski definition) is 9. The Morgan fingerprint density at radius 2 is 1.89 bits per heavy atom. The summed E-state index contributed by atoms with van der Waals surface area (Å²) in [6.07, 6.45) is 5.55. The molecule has 12 heteroatoms. The summed E-state index contributed by atoms with van der Waals surface area (Å²) in [6, 6.07) is 12.8. The third-order valence-electron chi connectivity index (χ3n) is 7.23. The highest BCUT2D eigenvalue weighted by Gasteiger charge is 2.32. The quantitative estimate of drug-likeness (QED) is 0.220. The van der Waals surface area contributed by atoms with Gasteiger partial charge in [0, 0.05) is 50.8 Å². The van der Waals surface area contributed by atoms with E-state index in [-0.39, 0.29) is 35.1 Å². The van der Waals surface area contributed by atoms with E-state index in [1.165, 1.54) is 0 Å². The number of rotatable bonds is 7. The number of nitrogens with two attached hydrogens (primary N) is 1. The van der Waals surface area contributed by atoms with Crippen LogP contribution in [-0.2, 0) is 4.74 Å². The number of fused-ring (bicyclic) bond motifs is 1. The van der Waals surface area contributed by atoms with Crippen LogP contribution in [0.5, 0.6) is 11.6 Å². The second-order valence-corrected chi connectivity index (χ2v) is 11.7. The van der Waals surface area contributed by atoms with Crippen molar-refractivity contribution in [3.63, 3.8) is 0 Å². The smallest absolute Gasteiger partial charge is 0.410 e. The SMILES string of the molecule is CN=Cc1c(N2CC[C@@H](N(C)C(=O)OC(C)(C)C)C2)ccc(C(=O)Nc2cn3cc(C)nc3c(Oc3ccccc3)n2)c1N. The van der Waals surface area contributed by atoms with Crippen molar-refractivity contribution in [1.29, 1.82) is 0 Å². The van der Waals surface area contributed by atoms with Gasteiger partial charge in [0.1, 0.15) is 11.4 Å². The summed E-state index contributed by atoms with van der Waals surface area (Å²) < 4.78 is 13.3. The molecule has 0 unspecified atom stereocenters. The summed E-state index contributed by atoms with van der Waals surface area (Å²) in [7, 11) is 3.41. The van der Waals surface area contributed by atoms with Crippen molar-refractivity contribution in [3.05, 3.63) is 71.7 Å². The number of amides is 2. The number of likely N-dealkylation sites (N-methyl/N-ethyl adjacent to an activating group) is 1. The molecule has 2 aromatic carbocycles. The van der Waals surface area contributed by atoms with Crippen LogP contribution in [0, 0.1) is 6.92 Å². The fourth-order valence-corrected chi connectivity index (χ4v) is 5.13. The number of nitrogens with zero attached hydrogens (tertiary/aromatic N) is 6. The molecule has 12 nitrogen and oxygen atoms in total. The van der Waals surface area contributed by atoms with Crippen LogP contribution >= 0.6 is 0 Å². The van der Waals surface area contributed by atoms with Gasteiger partial charge in [-0.15, -0.1) is 0 Å². The van der Waals surface area contributed by atoms with Gasteiger partial charge in [-0.1, -0.05) is 18.2 Å². The van der Waals surface area contributed by atoms with Crippen LogP contribution in [0.15, 0.2) is 59.9 Å². The molecule has 3 heterocycles. The number of aromatic nitrogens is 3. The molecule has 0 saturated carbocycles. The molecule has 0 spiro atoms. The molecule has 2 amide bonds. The molecule has 3 N–H and O–H groups in total. The Bertz CT molecular complexity index is 1710. The number of nitrogen functional groups attached to an aromatic ring is 1. The van der Waals surface area contributed by atoms with Crippen molar-refractivity contribution >= 4 is 41.1 Å². The van der Waals surface area contributed by atoms with E-state index in [4.69, 9.17) is 15.2 Å². The van der Waals surface area contributed by atoms with Crippen molar-refractivity contribution < 1.29 is 19.1 Å². The van der Waals surface area contributed by atoms with Crippen molar-refractivity contribution in [3.8, 4) is 11.6 Å². The third kappa shape index (κ3) is 6.59. The normalized spacial score (nSPS) is 15.1. The number of carbonyl (C=O) groups excluding carboxylic acids is 2. The summed E-state index contributed by atoms with van der Waals surface area (Å²) >= 11 is 0. The molecule has 1 aliphatic rings. The molecule has 4 aromatic rings. The zero-order valence-electron chi connectivity index (χ0n) is 25.9. The predicted molar refractivity (Wildman–Crippen MR) is 171 cm³/mol. The number of aryl methyl sites for hydroxylation is 1. The number of carbonyl (C=O) groups is 2. The molecule has 44 heavy (non-hydrogen) atoms. The maximum Gasteiger partial charge on any atom is 0.410 e. The fraction of sp³-hybridized carbons (Fsp3) is 0.344. The number of imidazole rings is 1. The Morgan fingerprint density at radius 3 is 2.59 bits per heavy atom. The lowest BCUT2D eigenvalue weighted by Crippen LogP contribution is -2.42. The van der Waals surface area contributed by atoms with Gasteiger partial charge >= 0.3 is 6.09 Å². The van der Waals surface area contributed by atoms with Crippen LogP contribution in [0.1, 0.15) is 48.8 Å². The molecule has 1 fully saturated rings. The number of aliphatic imine (C=N–C) groups is 1. The summed E-state index contributed by atoms with van der Waals surface area (Å²) in [5, 5.41) is 2.86. The first-order valence-corrected chi connectivity index (χ1v) is 14.4. The van der Waals surface area contributed by atoms with Crippen LogP contribution in [-0.4, -0.2) is 76.3 Å². The van der Waals surface area contributed by atoms with Gasteiger partial charge < -0.3 is 30.3 Å². The van der Waals surface area contributed by atoms with Gasteiger partial charge in [0.2, 0.25) is 5.65 Å². The molecule has 230 valence electrons. The number of hydrogen-bond donors (Lipinski definition) is 2. The molecule has 5 rings (SSSR count). The number of nitrogens with one attached hydrogen (secondary N) is 1. The number of benzene rings is 2. The Labute approximate surface area is 256 Å². The van der Waals surface area contributed by atoms with E-state index in [0.29, 0.717) is 30.0 Å². The number of para-hydroxylation sites is 1. The van der Waals surface area contributed by atoms with E-state index in [0.717, 1.165) is 17.8 Å². The third-order valence-corrected chi connectivity index (χ3v) is 7.23. The Balaban J connectivity index is 1.38. The minimum Gasteiger partial charge on any atom is -0.444 e. The average molecular weight is 599 g/mol. The standard InChI is InChI=1S/C32H38N8O4/c1-20-17-40-19-26(37-30(28(40)35-20)43-22-10-8-7-9-11-22)36-29(41)23-12-13-25(24(16-34-5)27(23)33)39-15-14-21(18-39)38(6)31(42)44-32(2,3)4/h7-13,16-17,19,21H,14-15,18,33H2,1-6H3,(H,36,41)/t21-/m1/s1. The van der Waals surface area contributed by atoms with Crippen molar-refractivity contribution in [2.45, 2.75) is 45.8 Å². The molecule has 0 aliphatic carbocycles. The minimum atomic E-state index is -0.575. The Hall–Kier alpha value is -5.13. The summed E-state index contributed by atoms with van der Waals surface area (Å²) in [5.74, 6) is 0.686. The van der Waals surface area contributed by atoms with E-state index >= 15 is 0 Å². The van der Waals surface area contributed by atoms with Crippen LogP contribution in [0.25, 0.3) is 5.65 Å². The second-order valence-electron chi connectivity index (χ2n) is 11.7. The molecular weight excluding hydrogens is 560 g/mol. The summed E-state index contributed by atoms with van der Waals surface area (Å²) in [5.41, 5.74) is 9.35. The monoisotopic (exact) mass is 598 g/mol. The molecule has 0 radical (unpaired) electrons. The summed E-state index contributed by atoms with van der Waals surface area (Å²) in [6.45, 7) is 8.70. The second kappa shape index (κ2) is 12.2. The van der Waals surface area contributed by atoms with E-state index in [1.807, 2.05) is 70.3 Å². The minimum absolute atomic E-state index is 0.0411. The molecule has 1 atom stereocenters. The maximum absolute atomic E-state index is 13.6. The lowest BCUT2D eigenvalue weighted by molar-refractivity contribution is 0.0237. The highest BCUT2D eigenvalue weighted by molar-refractivity contribution is 6.11. The molecule has 1 aliphatic heterocycles. The lowest BCUT2D eigenvalue weighted by atomic mass is 10.0. The van der Waals surface area contributed by atoms with Crippen LogP contribution in [0.2, 0.25) is 0 Å². The Morgan fingerprint density at radius 1 is 1.14 bits per heavy atom. The van der Waals surface area contributed by atoms with Gasteiger partial charge in [-0.2, -0.15) is 4.98 Å². The fourth-order valence-electron chi connectivity index (χ4n) is 5.13. The van der Waals surface area contributed by atoms with Gasteiger partial charge in [0.25, 0.3) is 11.8 Å². The maximum atomic E-state index is 13.6. The van der Waals surface area contributed by atoms with E-state index < -0.39 is 11.5 Å². The zero-order chi connectivity index (χ0) is 31.6. The van der Waals surface area contributed by atoms with Crippen molar-refractivity contribution in [2.24, 2.45) is 4.99 Å². The van der Waals surface area contributed by atoms with E-state index in [2.05, 4.69) is 25.2 Å². The van der Waals surface area contributed by atoms with Crippen LogP contribution < -0.4 is 20.7 Å². The molecule has 2 aromatic heterocycles.